The van der Waals surface area contributed by atoms with E-state index in [2.05, 4.69) is 31.7 Å². The number of piperidine rings is 1. The second-order valence-corrected chi connectivity index (χ2v) is 7.92. The van der Waals surface area contributed by atoms with Crippen LogP contribution < -0.4 is 5.73 Å². The average molecular weight is 291 g/mol. The van der Waals surface area contributed by atoms with Gasteiger partial charge in [0.2, 0.25) is 5.91 Å². The van der Waals surface area contributed by atoms with Crippen LogP contribution in [0.3, 0.4) is 0 Å². The SMILES string of the molecule is CC(C)(C)C1CCC(C#N)C(N2CCCC(C(N)=O)C2)C1. The smallest absolute Gasteiger partial charge is 0.221 e. The van der Waals surface area contributed by atoms with Crippen LogP contribution in [0.15, 0.2) is 0 Å². The lowest BCUT2D eigenvalue weighted by atomic mass is 9.67. The van der Waals surface area contributed by atoms with Crippen molar-refractivity contribution in [2.45, 2.75) is 58.9 Å². The molecule has 4 nitrogen and oxygen atoms in total. The fourth-order valence-electron chi connectivity index (χ4n) is 4.03. The third-order valence-corrected chi connectivity index (χ3v) is 5.53. The Balaban J connectivity index is 2.10. The lowest BCUT2D eigenvalue weighted by Gasteiger charge is -2.46. The van der Waals surface area contributed by atoms with Crippen molar-refractivity contribution in [3.05, 3.63) is 0 Å². The Hall–Kier alpha value is -1.08. The summed E-state index contributed by atoms with van der Waals surface area (Å²) in [5.74, 6) is 0.542. The van der Waals surface area contributed by atoms with Gasteiger partial charge in [0.1, 0.15) is 0 Å². The molecule has 1 aliphatic heterocycles. The number of hydrogen-bond acceptors (Lipinski definition) is 3. The van der Waals surface area contributed by atoms with E-state index >= 15 is 0 Å². The van der Waals surface area contributed by atoms with Gasteiger partial charge in [0, 0.05) is 12.6 Å². The number of rotatable bonds is 2. The highest BCUT2D eigenvalue weighted by atomic mass is 16.1. The van der Waals surface area contributed by atoms with E-state index in [-0.39, 0.29) is 23.2 Å². The number of likely N-dealkylation sites (tertiary alicyclic amines) is 1. The van der Waals surface area contributed by atoms with Crippen LogP contribution in [-0.4, -0.2) is 29.9 Å². The number of primary amides is 1. The summed E-state index contributed by atoms with van der Waals surface area (Å²) in [7, 11) is 0. The molecule has 21 heavy (non-hydrogen) atoms. The van der Waals surface area contributed by atoms with Gasteiger partial charge in [-0.05, 0) is 50.0 Å². The maximum absolute atomic E-state index is 11.5. The molecule has 1 saturated heterocycles. The van der Waals surface area contributed by atoms with Crippen LogP contribution in [0.1, 0.15) is 52.9 Å². The molecule has 1 amide bonds. The van der Waals surface area contributed by atoms with Gasteiger partial charge in [-0.15, -0.1) is 0 Å². The number of carbonyl (C=O) groups excluding carboxylic acids is 1. The summed E-state index contributed by atoms with van der Waals surface area (Å²) >= 11 is 0. The summed E-state index contributed by atoms with van der Waals surface area (Å²) in [6, 6.07) is 2.81. The van der Waals surface area contributed by atoms with Crippen molar-refractivity contribution in [3.8, 4) is 6.07 Å². The second kappa shape index (κ2) is 6.36. The van der Waals surface area contributed by atoms with Gasteiger partial charge < -0.3 is 5.73 Å². The van der Waals surface area contributed by atoms with E-state index in [0.29, 0.717) is 12.0 Å². The van der Waals surface area contributed by atoms with Crippen LogP contribution >= 0.6 is 0 Å². The molecule has 0 aromatic carbocycles. The zero-order valence-corrected chi connectivity index (χ0v) is 13.6. The van der Waals surface area contributed by atoms with Gasteiger partial charge in [-0.1, -0.05) is 20.8 Å². The lowest BCUT2D eigenvalue weighted by molar-refractivity contribution is -0.124. The van der Waals surface area contributed by atoms with Gasteiger partial charge in [-0.25, -0.2) is 0 Å². The predicted octanol–water partition coefficient (Wildman–Crippen LogP) is 2.54. The minimum absolute atomic E-state index is 0.0342. The van der Waals surface area contributed by atoms with E-state index < -0.39 is 0 Å². The van der Waals surface area contributed by atoms with Crippen LogP contribution in [0, 0.1) is 34.5 Å². The Morgan fingerprint density at radius 2 is 2.00 bits per heavy atom. The summed E-state index contributed by atoms with van der Waals surface area (Å²) in [5.41, 5.74) is 5.78. The van der Waals surface area contributed by atoms with Crippen molar-refractivity contribution in [1.29, 1.82) is 5.26 Å². The first-order valence-corrected chi connectivity index (χ1v) is 8.26. The number of carbonyl (C=O) groups is 1. The molecule has 2 aliphatic rings. The highest BCUT2D eigenvalue weighted by molar-refractivity contribution is 5.76. The van der Waals surface area contributed by atoms with Crippen LogP contribution in [0.2, 0.25) is 0 Å². The molecule has 1 saturated carbocycles. The standard InChI is InChI=1S/C17H29N3O/c1-17(2,3)14-7-6-12(10-18)15(9-14)20-8-4-5-13(11-20)16(19)21/h12-15H,4-9,11H2,1-3H3,(H2,19,21). The highest BCUT2D eigenvalue weighted by Gasteiger charge is 2.40. The molecule has 1 heterocycles. The molecule has 2 rings (SSSR count). The Morgan fingerprint density at radius 1 is 1.29 bits per heavy atom. The molecule has 0 aromatic rings. The van der Waals surface area contributed by atoms with Gasteiger partial charge in [-0.3, -0.25) is 9.69 Å². The molecule has 0 radical (unpaired) electrons. The highest BCUT2D eigenvalue weighted by Crippen LogP contribution is 2.42. The summed E-state index contributed by atoms with van der Waals surface area (Å²) in [4.78, 5) is 13.9. The largest absolute Gasteiger partial charge is 0.369 e. The first-order chi connectivity index (χ1) is 9.82. The summed E-state index contributed by atoms with van der Waals surface area (Å²) in [6.45, 7) is 8.63. The molecule has 4 unspecified atom stereocenters. The summed E-state index contributed by atoms with van der Waals surface area (Å²) in [6.07, 6.45) is 5.13. The van der Waals surface area contributed by atoms with Crippen molar-refractivity contribution >= 4 is 5.91 Å². The number of nitrogens with zero attached hydrogens (tertiary/aromatic N) is 2. The zero-order valence-electron chi connectivity index (χ0n) is 13.6. The minimum atomic E-state index is -0.184. The quantitative estimate of drug-likeness (QED) is 0.850. The van der Waals surface area contributed by atoms with Crippen LogP contribution in [-0.2, 0) is 4.79 Å². The zero-order chi connectivity index (χ0) is 15.6. The Labute approximate surface area is 128 Å². The minimum Gasteiger partial charge on any atom is -0.369 e. The Bertz CT molecular complexity index is 421. The molecule has 4 heteroatoms. The molecule has 0 bridgehead atoms. The van der Waals surface area contributed by atoms with E-state index in [1.807, 2.05) is 0 Å². The molecular formula is C17H29N3O. The van der Waals surface area contributed by atoms with Crippen molar-refractivity contribution < 1.29 is 4.79 Å². The summed E-state index contributed by atoms with van der Waals surface area (Å²) < 4.78 is 0. The van der Waals surface area contributed by atoms with E-state index in [9.17, 15) is 10.1 Å². The third kappa shape index (κ3) is 3.77. The first-order valence-electron chi connectivity index (χ1n) is 8.26. The topological polar surface area (TPSA) is 70.1 Å². The fourth-order valence-corrected chi connectivity index (χ4v) is 4.03. The number of nitriles is 1. The van der Waals surface area contributed by atoms with Crippen LogP contribution in [0.25, 0.3) is 0 Å². The normalized spacial score (nSPS) is 35.1. The van der Waals surface area contributed by atoms with Gasteiger partial charge in [-0.2, -0.15) is 5.26 Å². The number of amides is 1. The van der Waals surface area contributed by atoms with Crippen LogP contribution in [0.4, 0.5) is 0 Å². The molecule has 2 fully saturated rings. The van der Waals surface area contributed by atoms with Crippen molar-refractivity contribution in [3.63, 3.8) is 0 Å². The van der Waals surface area contributed by atoms with Gasteiger partial charge in [0.05, 0.1) is 17.9 Å². The van der Waals surface area contributed by atoms with Crippen LogP contribution in [0.5, 0.6) is 0 Å². The molecule has 0 aromatic heterocycles. The van der Waals surface area contributed by atoms with E-state index in [1.54, 1.807) is 0 Å². The van der Waals surface area contributed by atoms with Crippen molar-refractivity contribution in [2.24, 2.45) is 28.9 Å². The summed E-state index contributed by atoms with van der Waals surface area (Å²) in [5, 5.41) is 9.49. The maximum Gasteiger partial charge on any atom is 0.221 e. The first kappa shape index (κ1) is 16.3. The maximum atomic E-state index is 11.5. The monoisotopic (exact) mass is 291 g/mol. The molecule has 118 valence electrons. The van der Waals surface area contributed by atoms with Crippen molar-refractivity contribution in [1.82, 2.24) is 4.90 Å². The molecular weight excluding hydrogens is 262 g/mol. The molecule has 0 spiro atoms. The van der Waals surface area contributed by atoms with Gasteiger partial charge in [0.25, 0.3) is 0 Å². The van der Waals surface area contributed by atoms with E-state index in [4.69, 9.17) is 5.73 Å². The number of hydrogen-bond donors (Lipinski definition) is 1. The lowest BCUT2D eigenvalue weighted by Crippen LogP contribution is -2.51. The van der Waals surface area contributed by atoms with Gasteiger partial charge in [0.15, 0.2) is 0 Å². The predicted molar refractivity (Wildman–Crippen MR) is 83.2 cm³/mol. The molecule has 1 aliphatic carbocycles. The van der Waals surface area contributed by atoms with E-state index in [0.717, 1.165) is 45.2 Å². The van der Waals surface area contributed by atoms with Gasteiger partial charge >= 0.3 is 0 Å². The Kier molecular flexibility index (Phi) is 4.93. The molecule has 4 atom stereocenters. The second-order valence-electron chi connectivity index (χ2n) is 7.92. The fraction of sp³-hybridized carbons (Fsp3) is 0.882. The molecule has 2 N–H and O–H groups in total. The van der Waals surface area contributed by atoms with Crippen molar-refractivity contribution in [2.75, 3.05) is 13.1 Å². The Morgan fingerprint density at radius 3 is 2.57 bits per heavy atom. The average Bonchev–Trinajstić information content (AvgIpc) is 2.45. The number of nitrogens with two attached hydrogens (primary N) is 1. The third-order valence-electron chi connectivity index (χ3n) is 5.53. The van der Waals surface area contributed by atoms with E-state index in [1.165, 1.54) is 0 Å².